The molecular formula is C13H14N2. The highest BCUT2D eigenvalue weighted by Crippen LogP contribution is 2.20. The number of aromatic nitrogens is 1. The van der Waals surface area contributed by atoms with E-state index in [9.17, 15) is 0 Å². The van der Waals surface area contributed by atoms with Crippen LogP contribution in [-0.2, 0) is 0 Å². The normalized spacial score (nSPS) is 10.0. The van der Waals surface area contributed by atoms with Crippen LogP contribution < -0.4 is 5.32 Å². The Balaban J connectivity index is 2.44. The molecule has 2 aromatic rings. The Morgan fingerprint density at radius 3 is 2.73 bits per heavy atom. The lowest BCUT2D eigenvalue weighted by atomic mass is 10.1. The van der Waals surface area contributed by atoms with Gasteiger partial charge in [-0.1, -0.05) is 12.1 Å². The maximum atomic E-state index is 4.36. The van der Waals surface area contributed by atoms with E-state index in [0.29, 0.717) is 0 Å². The Hall–Kier alpha value is -1.83. The number of pyridine rings is 1. The van der Waals surface area contributed by atoms with Crippen molar-refractivity contribution in [1.29, 1.82) is 0 Å². The molecule has 0 amide bonds. The summed E-state index contributed by atoms with van der Waals surface area (Å²) >= 11 is 0. The maximum absolute atomic E-state index is 4.36. The van der Waals surface area contributed by atoms with E-state index in [4.69, 9.17) is 0 Å². The molecule has 1 N–H and O–H groups in total. The van der Waals surface area contributed by atoms with Gasteiger partial charge in [-0.25, -0.2) is 0 Å². The highest BCUT2D eigenvalue weighted by molar-refractivity contribution is 5.65. The summed E-state index contributed by atoms with van der Waals surface area (Å²) in [6.07, 6.45) is 1.84. The van der Waals surface area contributed by atoms with E-state index in [1.165, 1.54) is 5.56 Å². The second-order valence-corrected chi connectivity index (χ2v) is 3.55. The van der Waals surface area contributed by atoms with E-state index in [0.717, 1.165) is 16.9 Å². The monoisotopic (exact) mass is 198 g/mol. The number of nitrogens with zero attached hydrogens (tertiary/aromatic N) is 1. The van der Waals surface area contributed by atoms with Crippen LogP contribution in [0.2, 0.25) is 0 Å². The largest absolute Gasteiger partial charge is 0.388 e. The van der Waals surface area contributed by atoms with E-state index >= 15 is 0 Å². The van der Waals surface area contributed by atoms with Crippen molar-refractivity contribution in [3.05, 3.63) is 48.2 Å². The van der Waals surface area contributed by atoms with Crippen molar-refractivity contribution < 1.29 is 0 Å². The van der Waals surface area contributed by atoms with E-state index in [1.54, 1.807) is 0 Å². The molecule has 0 atom stereocenters. The molecule has 15 heavy (non-hydrogen) atoms. The Morgan fingerprint density at radius 2 is 2.00 bits per heavy atom. The van der Waals surface area contributed by atoms with Crippen LogP contribution in [-0.4, -0.2) is 12.0 Å². The van der Waals surface area contributed by atoms with Gasteiger partial charge in [-0.15, -0.1) is 0 Å². The third kappa shape index (κ3) is 2.15. The predicted molar refractivity (Wildman–Crippen MR) is 64.0 cm³/mol. The number of nitrogens with one attached hydrogen (secondary N) is 1. The molecule has 0 aliphatic carbocycles. The van der Waals surface area contributed by atoms with Crippen molar-refractivity contribution in [3.63, 3.8) is 0 Å². The van der Waals surface area contributed by atoms with Crippen molar-refractivity contribution in [2.75, 3.05) is 12.4 Å². The quantitative estimate of drug-likeness (QED) is 0.802. The molecule has 2 nitrogen and oxygen atoms in total. The zero-order valence-corrected chi connectivity index (χ0v) is 8.99. The molecule has 0 aliphatic heterocycles. The first-order valence-corrected chi connectivity index (χ1v) is 5.00. The summed E-state index contributed by atoms with van der Waals surface area (Å²) in [6, 6.07) is 12.3. The van der Waals surface area contributed by atoms with Gasteiger partial charge in [0.2, 0.25) is 0 Å². The van der Waals surface area contributed by atoms with Gasteiger partial charge in [-0.2, -0.15) is 0 Å². The van der Waals surface area contributed by atoms with Crippen LogP contribution in [0.4, 0.5) is 5.69 Å². The molecule has 1 aromatic heterocycles. The summed E-state index contributed by atoms with van der Waals surface area (Å²) in [5.74, 6) is 0. The number of hydrogen-bond donors (Lipinski definition) is 1. The van der Waals surface area contributed by atoms with Crippen LogP contribution in [0.3, 0.4) is 0 Å². The van der Waals surface area contributed by atoms with E-state index < -0.39 is 0 Å². The van der Waals surface area contributed by atoms with Crippen molar-refractivity contribution in [1.82, 2.24) is 4.98 Å². The van der Waals surface area contributed by atoms with Gasteiger partial charge in [-0.3, -0.25) is 4.98 Å². The average molecular weight is 198 g/mol. The molecule has 0 saturated heterocycles. The van der Waals surface area contributed by atoms with Crippen LogP contribution in [0.1, 0.15) is 5.56 Å². The fourth-order valence-electron chi connectivity index (χ4n) is 1.53. The molecule has 0 bridgehead atoms. The second-order valence-electron chi connectivity index (χ2n) is 3.55. The zero-order chi connectivity index (χ0) is 10.7. The molecule has 0 spiro atoms. The lowest BCUT2D eigenvalue weighted by Gasteiger charge is -2.04. The van der Waals surface area contributed by atoms with Crippen molar-refractivity contribution in [2.24, 2.45) is 0 Å². The number of rotatable bonds is 2. The third-order valence-corrected chi connectivity index (χ3v) is 2.36. The highest BCUT2D eigenvalue weighted by atomic mass is 14.8. The average Bonchev–Trinajstić information content (AvgIpc) is 2.29. The molecule has 2 heteroatoms. The van der Waals surface area contributed by atoms with E-state index in [-0.39, 0.29) is 0 Å². The molecule has 1 heterocycles. The van der Waals surface area contributed by atoms with Crippen LogP contribution in [0.15, 0.2) is 42.6 Å². The van der Waals surface area contributed by atoms with Gasteiger partial charge in [0.05, 0.1) is 5.69 Å². The minimum absolute atomic E-state index is 1.02. The smallest absolute Gasteiger partial charge is 0.0705 e. The van der Waals surface area contributed by atoms with Gasteiger partial charge < -0.3 is 5.32 Å². The van der Waals surface area contributed by atoms with Gasteiger partial charge in [-0.05, 0) is 36.8 Å². The van der Waals surface area contributed by atoms with Crippen LogP contribution in [0.5, 0.6) is 0 Å². The molecule has 0 radical (unpaired) electrons. The summed E-state index contributed by atoms with van der Waals surface area (Å²) in [7, 11) is 1.92. The van der Waals surface area contributed by atoms with Crippen LogP contribution >= 0.6 is 0 Å². The Kier molecular flexibility index (Phi) is 2.68. The Labute approximate surface area is 90.0 Å². The Bertz CT molecular complexity index is 464. The topological polar surface area (TPSA) is 24.9 Å². The van der Waals surface area contributed by atoms with Crippen molar-refractivity contribution in [3.8, 4) is 11.3 Å². The molecule has 2 rings (SSSR count). The molecule has 0 fully saturated rings. The zero-order valence-electron chi connectivity index (χ0n) is 8.99. The van der Waals surface area contributed by atoms with E-state index in [1.807, 2.05) is 31.4 Å². The molecule has 0 aliphatic rings. The second kappa shape index (κ2) is 4.13. The minimum Gasteiger partial charge on any atom is -0.388 e. The van der Waals surface area contributed by atoms with Crippen molar-refractivity contribution in [2.45, 2.75) is 6.92 Å². The first kappa shape index (κ1) is 9.71. The number of anilines is 1. The highest BCUT2D eigenvalue weighted by Gasteiger charge is 1.99. The van der Waals surface area contributed by atoms with Gasteiger partial charge in [0.15, 0.2) is 0 Å². The van der Waals surface area contributed by atoms with Crippen LogP contribution in [0.25, 0.3) is 11.3 Å². The first-order chi connectivity index (χ1) is 7.29. The molecule has 0 saturated carbocycles. The van der Waals surface area contributed by atoms with Crippen LogP contribution in [0, 0.1) is 6.92 Å². The number of aryl methyl sites for hydroxylation is 1. The minimum atomic E-state index is 1.02. The molecule has 1 aromatic carbocycles. The van der Waals surface area contributed by atoms with Gasteiger partial charge in [0.25, 0.3) is 0 Å². The maximum Gasteiger partial charge on any atom is 0.0705 e. The molecule has 76 valence electrons. The third-order valence-electron chi connectivity index (χ3n) is 2.36. The summed E-state index contributed by atoms with van der Waals surface area (Å²) in [5, 5.41) is 3.12. The number of hydrogen-bond acceptors (Lipinski definition) is 2. The summed E-state index contributed by atoms with van der Waals surface area (Å²) in [6.45, 7) is 2.08. The first-order valence-electron chi connectivity index (χ1n) is 5.00. The molecular weight excluding hydrogens is 184 g/mol. The lowest BCUT2D eigenvalue weighted by molar-refractivity contribution is 1.28. The van der Waals surface area contributed by atoms with Crippen molar-refractivity contribution >= 4 is 5.69 Å². The number of benzene rings is 1. The predicted octanol–water partition coefficient (Wildman–Crippen LogP) is 3.10. The van der Waals surface area contributed by atoms with Gasteiger partial charge in [0.1, 0.15) is 0 Å². The molecule has 0 unspecified atom stereocenters. The standard InChI is InChI=1S/C13H14N2/c1-10-6-7-15-13(8-10)11-4-3-5-12(9-11)14-2/h3-9,14H,1-2H3. The fraction of sp³-hybridized carbons (Fsp3) is 0.154. The SMILES string of the molecule is CNc1cccc(-c2cc(C)ccn2)c1. The summed E-state index contributed by atoms with van der Waals surface area (Å²) < 4.78 is 0. The van der Waals surface area contributed by atoms with E-state index in [2.05, 4.69) is 35.4 Å². The summed E-state index contributed by atoms with van der Waals surface area (Å²) in [4.78, 5) is 4.36. The Morgan fingerprint density at radius 1 is 1.13 bits per heavy atom. The fourth-order valence-corrected chi connectivity index (χ4v) is 1.53. The van der Waals surface area contributed by atoms with Gasteiger partial charge in [0, 0.05) is 24.5 Å². The summed E-state index contributed by atoms with van der Waals surface area (Å²) in [5.41, 5.74) is 4.50. The lowest BCUT2D eigenvalue weighted by Crippen LogP contribution is -1.89. The van der Waals surface area contributed by atoms with Gasteiger partial charge >= 0.3 is 0 Å².